The van der Waals surface area contributed by atoms with Crippen LogP contribution in [-0.4, -0.2) is 42.5 Å². The first kappa shape index (κ1) is 35.4. The molecular formula is C42H40N2O8. The number of hydrogen-bond acceptors (Lipinski definition) is 8. The van der Waals surface area contributed by atoms with Crippen LogP contribution in [0.5, 0.6) is 34.5 Å². The van der Waals surface area contributed by atoms with Crippen molar-refractivity contribution >= 4 is 33.4 Å². The summed E-state index contributed by atoms with van der Waals surface area (Å²) in [6.45, 7) is 7.12. The first-order valence-electron chi connectivity index (χ1n) is 17.0. The fraction of sp³-hybridized carbons (Fsp3) is 0.190. The molecule has 8 N–H and O–H groups in total. The van der Waals surface area contributed by atoms with Gasteiger partial charge >= 0.3 is 0 Å². The molecule has 6 rings (SSSR count). The summed E-state index contributed by atoms with van der Waals surface area (Å²) in [7, 11) is 0. The molecule has 0 saturated carbocycles. The maximum Gasteiger partial charge on any atom is 0.256 e. The number of hydrogen-bond donors (Lipinski definition) is 8. The summed E-state index contributed by atoms with van der Waals surface area (Å²) in [6, 6.07) is 23.3. The molecule has 0 heterocycles. The zero-order valence-electron chi connectivity index (χ0n) is 29.2. The molecule has 266 valence electrons. The maximum absolute atomic E-state index is 13.7. The smallest absolute Gasteiger partial charge is 0.256 e. The van der Waals surface area contributed by atoms with Crippen molar-refractivity contribution in [3.8, 4) is 45.6 Å². The van der Waals surface area contributed by atoms with Crippen molar-refractivity contribution in [2.75, 3.05) is 0 Å². The molecule has 2 unspecified atom stereocenters. The maximum atomic E-state index is 13.7. The Morgan fingerprint density at radius 3 is 1.19 bits per heavy atom. The summed E-state index contributed by atoms with van der Waals surface area (Å²) in [6.07, 6.45) is 1.09. The molecule has 0 aliphatic carbocycles. The Morgan fingerprint density at radius 2 is 0.865 bits per heavy atom. The predicted molar refractivity (Wildman–Crippen MR) is 200 cm³/mol. The van der Waals surface area contributed by atoms with Gasteiger partial charge in [-0.1, -0.05) is 74.5 Å². The van der Waals surface area contributed by atoms with Crippen LogP contribution in [0, 0.1) is 13.8 Å². The van der Waals surface area contributed by atoms with Crippen molar-refractivity contribution in [2.24, 2.45) is 0 Å². The fourth-order valence-corrected chi connectivity index (χ4v) is 7.02. The minimum Gasteiger partial charge on any atom is -0.507 e. The molecule has 0 aliphatic heterocycles. The van der Waals surface area contributed by atoms with E-state index >= 15 is 0 Å². The normalized spacial score (nSPS) is 12.5. The lowest BCUT2D eigenvalue weighted by molar-refractivity contribution is 0.0925. The third-order valence-electron chi connectivity index (χ3n) is 9.67. The number of fused-ring (bicyclic) bond motifs is 2. The zero-order valence-corrected chi connectivity index (χ0v) is 29.2. The highest BCUT2D eigenvalue weighted by Gasteiger charge is 2.29. The van der Waals surface area contributed by atoms with Gasteiger partial charge in [-0.2, -0.15) is 0 Å². The van der Waals surface area contributed by atoms with E-state index in [1.54, 1.807) is 26.0 Å². The zero-order chi connectivity index (χ0) is 37.4. The van der Waals surface area contributed by atoms with Gasteiger partial charge in [-0.15, -0.1) is 0 Å². The summed E-state index contributed by atoms with van der Waals surface area (Å²) >= 11 is 0. The number of carbonyl (C=O) groups excluding carboxylic acids is 2. The van der Waals surface area contributed by atoms with Crippen LogP contribution < -0.4 is 10.6 Å². The highest BCUT2D eigenvalue weighted by molar-refractivity contribution is 6.16. The molecule has 0 aromatic heterocycles. The second-order valence-electron chi connectivity index (χ2n) is 13.0. The van der Waals surface area contributed by atoms with Crippen LogP contribution in [0.3, 0.4) is 0 Å². The van der Waals surface area contributed by atoms with Crippen molar-refractivity contribution in [1.82, 2.24) is 10.6 Å². The van der Waals surface area contributed by atoms with E-state index in [9.17, 15) is 40.2 Å². The number of aromatic hydroxyl groups is 6. The van der Waals surface area contributed by atoms with E-state index in [1.165, 1.54) is 0 Å². The quantitative estimate of drug-likeness (QED) is 0.0694. The van der Waals surface area contributed by atoms with E-state index in [-0.39, 0.29) is 55.3 Å². The van der Waals surface area contributed by atoms with Gasteiger partial charge in [0.2, 0.25) is 0 Å². The third kappa shape index (κ3) is 6.12. The summed E-state index contributed by atoms with van der Waals surface area (Å²) in [5.41, 5.74) is 2.38. The Bertz CT molecular complexity index is 2190. The molecule has 0 bridgehead atoms. The average Bonchev–Trinajstić information content (AvgIpc) is 3.13. The third-order valence-corrected chi connectivity index (χ3v) is 9.67. The van der Waals surface area contributed by atoms with Crippen LogP contribution in [0.4, 0.5) is 0 Å². The molecule has 0 radical (unpaired) electrons. The van der Waals surface area contributed by atoms with E-state index in [0.717, 1.165) is 23.3 Å². The highest BCUT2D eigenvalue weighted by Crippen LogP contribution is 2.51. The first-order valence-corrected chi connectivity index (χ1v) is 17.0. The Labute approximate surface area is 300 Å². The number of aryl methyl sites for hydroxylation is 2. The lowest BCUT2D eigenvalue weighted by Crippen LogP contribution is -2.28. The summed E-state index contributed by atoms with van der Waals surface area (Å²) in [5.74, 6) is -4.67. The monoisotopic (exact) mass is 700 g/mol. The number of phenols is 6. The molecule has 0 spiro atoms. The predicted octanol–water partition coefficient (Wildman–Crippen LogP) is 8.27. The van der Waals surface area contributed by atoms with E-state index in [4.69, 9.17) is 0 Å². The molecule has 6 aromatic carbocycles. The van der Waals surface area contributed by atoms with Gasteiger partial charge in [0.15, 0.2) is 23.0 Å². The van der Waals surface area contributed by atoms with Gasteiger partial charge in [0.1, 0.15) is 11.5 Å². The van der Waals surface area contributed by atoms with Gasteiger partial charge in [-0.3, -0.25) is 9.59 Å². The Morgan fingerprint density at radius 1 is 0.519 bits per heavy atom. The number of carbonyl (C=O) groups is 2. The molecule has 0 fully saturated rings. The van der Waals surface area contributed by atoms with Gasteiger partial charge in [0.25, 0.3) is 11.8 Å². The fourth-order valence-electron chi connectivity index (χ4n) is 7.02. The molecule has 10 nitrogen and oxygen atoms in total. The number of rotatable bonds is 9. The number of amides is 2. The minimum atomic E-state index is -0.663. The lowest BCUT2D eigenvalue weighted by atomic mass is 9.87. The minimum absolute atomic E-state index is 0.0350. The standard InChI is InChI=1S/C42H40N2O8/c1-5-29(23-13-9-7-10-14-23)43-41(51)35-25-17-21(3)33(37(47)27(25)19-31(45)39(35)49)34-22(4)18-26-28(38(34)48)20-32(46)40(50)36(26)42(52)44-30(6-2)24-15-11-8-12-16-24/h7-20,29-30,45-50H,5-6H2,1-4H3,(H,43,51)(H,44,52). The van der Waals surface area contributed by atoms with Gasteiger partial charge in [-0.05, 0) is 73.2 Å². The summed E-state index contributed by atoms with van der Waals surface area (Å²) < 4.78 is 0. The van der Waals surface area contributed by atoms with Crippen LogP contribution in [0.15, 0.2) is 84.9 Å². The van der Waals surface area contributed by atoms with E-state index in [0.29, 0.717) is 24.0 Å². The van der Waals surface area contributed by atoms with Crippen LogP contribution in [-0.2, 0) is 0 Å². The van der Waals surface area contributed by atoms with Gasteiger partial charge < -0.3 is 41.3 Å². The number of nitrogens with one attached hydrogen (secondary N) is 2. The first-order chi connectivity index (χ1) is 24.9. The van der Waals surface area contributed by atoms with Crippen molar-refractivity contribution < 1.29 is 40.2 Å². The van der Waals surface area contributed by atoms with Crippen molar-refractivity contribution in [3.63, 3.8) is 0 Å². The Kier molecular flexibility index (Phi) is 9.58. The van der Waals surface area contributed by atoms with Crippen LogP contribution in [0.2, 0.25) is 0 Å². The van der Waals surface area contributed by atoms with E-state index in [1.807, 2.05) is 74.5 Å². The molecule has 6 aromatic rings. The average molecular weight is 701 g/mol. The van der Waals surface area contributed by atoms with Crippen molar-refractivity contribution in [1.29, 1.82) is 0 Å². The number of benzene rings is 6. The SMILES string of the molecule is CCC(NC(=O)c1c(O)c(O)cc2c(O)c(-c3c(C)cc4c(C(=O)NC(CC)c5ccccc5)c(O)c(O)cc4c3O)c(C)cc12)c1ccccc1. The van der Waals surface area contributed by atoms with Crippen molar-refractivity contribution in [2.45, 2.75) is 52.6 Å². The molecule has 0 aliphatic rings. The molecule has 2 atom stereocenters. The molecule has 52 heavy (non-hydrogen) atoms. The largest absolute Gasteiger partial charge is 0.507 e. The number of phenolic OH excluding ortho intramolecular Hbond substituents is 6. The van der Waals surface area contributed by atoms with Crippen LogP contribution in [0.25, 0.3) is 32.7 Å². The second kappa shape index (κ2) is 14.1. The molecule has 2 amide bonds. The van der Waals surface area contributed by atoms with E-state index in [2.05, 4.69) is 10.6 Å². The summed E-state index contributed by atoms with van der Waals surface area (Å²) in [5, 5.41) is 73.3. The van der Waals surface area contributed by atoms with Gasteiger partial charge in [-0.25, -0.2) is 0 Å². The topological polar surface area (TPSA) is 180 Å². The highest BCUT2D eigenvalue weighted by atomic mass is 16.3. The van der Waals surface area contributed by atoms with Crippen LogP contribution >= 0.6 is 0 Å². The second-order valence-corrected chi connectivity index (χ2v) is 13.0. The molecular weight excluding hydrogens is 660 g/mol. The summed E-state index contributed by atoms with van der Waals surface area (Å²) in [4.78, 5) is 27.5. The Hall–Kier alpha value is -6.42. The molecule has 0 saturated heterocycles. The van der Waals surface area contributed by atoms with Gasteiger partial charge in [0.05, 0.1) is 23.2 Å². The lowest BCUT2D eigenvalue weighted by Gasteiger charge is -2.22. The molecule has 10 heteroatoms. The van der Waals surface area contributed by atoms with Crippen molar-refractivity contribution in [3.05, 3.63) is 118 Å². The van der Waals surface area contributed by atoms with Crippen LogP contribution in [0.1, 0.15) is 81.7 Å². The van der Waals surface area contributed by atoms with Gasteiger partial charge in [0, 0.05) is 32.7 Å². The Balaban J connectivity index is 1.49. The van der Waals surface area contributed by atoms with E-state index < -0.39 is 46.9 Å².